The predicted octanol–water partition coefficient (Wildman–Crippen LogP) is 4.03. The van der Waals surface area contributed by atoms with Crippen LogP contribution in [-0.2, 0) is 0 Å². The van der Waals surface area contributed by atoms with E-state index in [-0.39, 0.29) is 11.2 Å². The SMILES string of the molecule is COc1cccc(-c2nnc(NSC(C)C(C)c3ncc(C)cn3)n2C2CC2)n1. The molecule has 1 saturated carbocycles. The molecular weight excluding hydrogens is 386 g/mol. The van der Waals surface area contributed by atoms with E-state index in [9.17, 15) is 0 Å². The van der Waals surface area contributed by atoms with Crippen molar-refractivity contribution < 1.29 is 4.74 Å². The van der Waals surface area contributed by atoms with E-state index in [4.69, 9.17) is 4.74 Å². The van der Waals surface area contributed by atoms with Gasteiger partial charge in [0.1, 0.15) is 11.5 Å². The largest absolute Gasteiger partial charge is 0.481 e. The molecule has 0 aromatic carbocycles. The number of methoxy groups -OCH3 is 1. The Balaban J connectivity index is 1.50. The van der Waals surface area contributed by atoms with Crippen molar-refractivity contribution in [1.82, 2.24) is 29.7 Å². The highest BCUT2D eigenvalue weighted by molar-refractivity contribution is 8.01. The van der Waals surface area contributed by atoms with Gasteiger partial charge in [-0.25, -0.2) is 15.0 Å². The Morgan fingerprint density at radius 2 is 1.93 bits per heavy atom. The molecule has 2 atom stereocenters. The number of rotatable bonds is 8. The molecule has 0 aliphatic heterocycles. The van der Waals surface area contributed by atoms with Crippen LogP contribution in [0.2, 0.25) is 0 Å². The van der Waals surface area contributed by atoms with Crippen LogP contribution in [0.3, 0.4) is 0 Å². The second kappa shape index (κ2) is 8.36. The molecule has 3 aromatic heterocycles. The number of aromatic nitrogens is 6. The fourth-order valence-corrected chi connectivity index (χ4v) is 3.72. The number of aryl methyl sites for hydroxylation is 1. The van der Waals surface area contributed by atoms with Crippen LogP contribution in [0.15, 0.2) is 30.6 Å². The molecule has 1 N–H and O–H groups in total. The van der Waals surface area contributed by atoms with Gasteiger partial charge in [-0.1, -0.05) is 19.9 Å². The molecule has 2 unspecified atom stereocenters. The summed E-state index contributed by atoms with van der Waals surface area (Å²) >= 11 is 1.61. The van der Waals surface area contributed by atoms with E-state index in [0.717, 1.165) is 41.7 Å². The monoisotopic (exact) mass is 411 g/mol. The average Bonchev–Trinajstić information content (AvgIpc) is 3.50. The maximum atomic E-state index is 5.25. The van der Waals surface area contributed by atoms with Gasteiger partial charge in [0.05, 0.1) is 7.11 Å². The third-order valence-electron chi connectivity index (χ3n) is 5.02. The molecule has 152 valence electrons. The summed E-state index contributed by atoms with van der Waals surface area (Å²) in [4.78, 5) is 13.4. The molecule has 0 spiro atoms. The molecule has 0 bridgehead atoms. The highest BCUT2D eigenvalue weighted by Crippen LogP contribution is 2.41. The van der Waals surface area contributed by atoms with Crippen molar-refractivity contribution in [2.45, 2.75) is 50.8 Å². The van der Waals surface area contributed by atoms with Gasteiger partial charge in [0.15, 0.2) is 5.82 Å². The number of ether oxygens (including phenoxy) is 1. The summed E-state index contributed by atoms with van der Waals surface area (Å²) in [5, 5.41) is 9.05. The highest BCUT2D eigenvalue weighted by atomic mass is 32.2. The molecule has 3 aromatic rings. The Hall–Kier alpha value is -2.68. The van der Waals surface area contributed by atoms with Crippen LogP contribution >= 0.6 is 11.9 Å². The molecule has 8 nitrogen and oxygen atoms in total. The van der Waals surface area contributed by atoms with Gasteiger partial charge in [0, 0.05) is 35.7 Å². The summed E-state index contributed by atoms with van der Waals surface area (Å²) in [7, 11) is 1.61. The fraction of sp³-hybridized carbons (Fsp3) is 0.450. The van der Waals surface area contributed by atoms with Gasteiger partial charge >= 0.3 is 0 Å². The third-order valence-corrected chi connectivity index (χ3v) is 6.10. The molecule has 9 heteroatoms. The van der Waals surface area contributed by atoms with Gasteiger partial charge in [-0.3, -0.25) is 9.29 Å². The smallest absolute Gasteiger partial charge is 0.235 e. The van der Waals surface area contributed by atoms with E-state index < -0.39 is 0 Å². The van der Waals surface area contributed by atoms with Gasteiger partial charge in [0.2, 0.25) is 11.8 Å². The molecule has 29 heavy (non-hydrogen) atoms. The topological polar surface area (TPSA) is 90.6 Å². The van der Waals surface area contributed by atoms with Gasteiger partial charge in [-0.05, 0) is 43.3 Å². The van der Waals surface area contributed by atoms with E-state index >= 15 is 0 Å². The Kier molecular flexibility index (Phi) is 5.66. The van der Waals surface area contributed by atoms with Crippen LogP contribution in [0.5, 0.6) is 5.88 Å². The van der Waals surface area contributed by atoms with E-state index in [0.29, 0.717) is 11.9 Å². The van der Waals surface area contributed by atoms with Crippen LogP contribution in [0, 0.1) is 6.92 Å². The zero-order valence-electron chi connectivity index (χ0n) is 17.0. The van der Waals surface area contributed by atoms with E-state index in [2.05, 4.69) is 48.3 Å². The second-order valence-corrected chi connectivity index (χ2v) is 8.53. The number of nitrogens with one attached hydrogen (secondary N) is 1. The maximum absolute atomic E-state index is 5.25. The lowest BCUT2D eigenvalue weighted by Crippen LogP contribution is -2.15. The van der Waals surface area contributed by atoms with Crippen molar-refractivity contribution in [3.05, 3.63) is 42.0 Å². The molecule has 1 aliphatic rings. The van der Waals surface area contributed by atoms with Crippen molar-refractivity contribution in [3.8, 4) is 17.4 Å². The summed E-state index contributed by atoms with van der Waals surface area (Å²) in [6.07, 6.45) is 5.97. The van der Waals surface area contributed by atoms with Crippen LogP contribution in [-0.4, -0.2) is 42.1 Å². The van der Waals surface area contributed by atoms with Crippen LogP contribution in [0.4, 0.5) is 5.95 Å². The standard InChI is InChI=1S/C20H25N7OS/c1-12-10-21-18(22-11-12)13(2)14(3)29-26-20-25-24-19(27(20)15-8-9-15)16-6-5-7-17(23-16)28-4/h5-7,10-11,13-15H,8-9H2,1-4H3,(H,25,26). The molecule has 0 saturated heterocycles. The zero-order valence-corrected chi connectivity index (χ0v) is 17.8. The first kappa shape index (κ1) is 19.6. The minimum atomic E-state index is 0.199. The minimum Gasteiger partial charge on any atom is -0.481 e. The van der Waals surface area contributed by atoms with Crippen LogP contribution in [0.1, 0.15) is 50.0 Å². The highest BCUT2D eigenvalue weighted by Gasteiger charge is 2.31. The number of nitrogens with zero attached hydrogens (tertiary/aromatic N) is 6. The molecule has 1 aliphatic carbocycles. The second-order valence-electron chi connectivity index (χ2n) is 7.35. The van der Waals surface area contributed by atoms with Crippen molar-refractivity contribution in [2.24, 2.45) is 0 Å². The number of pyridine rings is 1. The first-order chi connectivity index (χ1) is 14.1. The molecular formula is C20H25N7OS. The van der Waals surface area contributed by atoms with Crippen molar-refractivity contribution in [1.29, 1.82) is 0 Å². The average molecular weight is 412 g/mol. The molecule has 0 amide bonds. The van der Waals surface area contributed by atoms with Crippen LogP contribution in [0.25, 0.3) is 11.5 Å². The minimum absolute atomic E-state index is 0.199. The summed E-state index contributed by atoms with van der Waals surface area (Å²) in [6, 6.07) is 6.08. The van der Waals surface area contributed by atoms with Crippen molar-refractivity contribution >= 4 is 17.9 Å². The van der Waals surface area contributed by atoms with Gasteiger partial charge in [-0.15, -0.1) is 10.2 Å². The van der Waals surface area contributed by atoms with E-state index in [1.165, 1.54) is 0 Å². The molecule has 4 rings (SSSR count). The third kappa shape index (κ3) is 4.34. The molecule has 1 fully saturated rings. The van der Waals surface area contributed by atoms with E-state index in [1.54, 1.807) is 19.1 Å². The lowest BCUT2D eigenvalue weighted by Gasteiger charge is -2.19. The lowest BCUT2D eigenvalue weighted by atomic mass is 10.1. The van der Waals surface area contributed by atoms with Crippen molar-refractivity contribution in [3.63, 3.8) is 0 Å². The zero-order chi connectivity index (χ0) is 20.4. The summed E-state index contributed by atoms with van der Waals surface area (Å²) in [5.74, 6) is 3.13. The summed E-state index contributed by atoms with van der Waals surface area (Å²) in [6.45, 7) is 6.29. The fourth-order valence-electron chi connectivity index (χ4n) is 2.96. The summed E-state index contributed by atoms with van der Waals surface area (Å²) < 4.78 is 10.8. The summed E-state index contributed by atoms with van der Waals surface area (Å²) in [5.41, 5.74) is 1.83. The quantitative estimate of drug-likeness (QED) is 0.556. The van der Waals surface area contributed by atoms with Gasteiger partial charge in [-0.2, -0.15) is 0 Å². The van der Waals surface area contributed by atoms with Gasteiger partial charge in [0.25, 0.3) is 0 Å². The Morgan fingerprint density at radius 1 is 1.17 bits per heavy atom. The van der Waals surface area contributed by atoms with E-state index in [1.807, 2.05) is 37.5 Å². The first-order valence-electron chi connectivity index (χ1n) is 9.73. The lowest BCUT2D eigenvalue weighted by molar-refractivity contribution is 0.398. The normalized spacial score (nSPS) is 15.7. The predicted molar refractivity (Wildman–Crippen MR) is 114 cm³/mol. The number of hydrogen-bond donors (Lipinski definition) is 1. The number of hydrogen-bond acceptors (Lipinski definition) is 8. The van der Waals surface area contributed by atoms with Crippen LogP contribution < -0.4 is 9.46 Å². The Labute approximate surface area is 174 Å². The first-order valence-corrected chi connectivity index (χ1v) is 10.6. The number of anilines is 1. The van der Waals surface area contributed by atoms with Gasteiger partial charge < -0.3 is 4.74 Å². The Morgan fingerprint density at radius 3 is 2.62 bits per heavy atom. The Bertz CT molecular complexity index is 971. The van der Waals surface area contributed by atoms with Crippen molar-refractivity contribution in [2.75, 3.05) is 11.8 Å². The molecule has 0 radical (unpaired) electrons. The molecule has 3 heterocycles. The maximum Gasteiger partial charge on any atom is 0.235 e.